The maximum absolute atomic E-state index is 13.7. The Labute approximate surface area is 106 Å². The maximum Gasteiger partial charge on any atom is 0.169 e. The number of aromatic nitrogens is 1. The fourth-order valence-corrected chi connectivity index (χ4v) is 2.76. The summed E-state index contributed by atoms with van der Waals surface area (Å²) in [4.78, 5) is 4.28. The molecule has 0 aliphatic rings. The van der Waals surface area contributed by atoms with Crippen LogP contribution in [0.5, 0.6) is 0 Å². The zero-order valence-electron chi connectivity index (χ0n) is 9.15. The molecule has 0 radical (unpaired) electrons. The monoisotopic (exact) mass is 262 g/mol. The van der Waals surface area contributed by atoms with Crippen molar-refractivity contribution in [3.63, 3.8) is 0 Å². The Balaban J connectivity index is 2.22. The molecule has 0 fully saturated rings. The smallest absolute Gasteiger partial charge is 0.169 e. The maximum atomic E-state index is 13.7. The Morgan fingerprint density at radius 2 is 1.94 bits per heavy atom. The van der Waals surface area contributed by atoms with E-state index in [0.29, 0.717) is 10.7 Å². The van der Waals surface area contributed by atoms with E-state index in [4.69, 9.17) is 5.73 Å². The first-order valence-corrected chi connectivity index (χ1v) is 6.07. The van der Waals surface area contributed by atoms with Crippen molar-refractivity contribution in [3.05, 3.63) is 48.0 Å². The number of thiazole rings is 1. The number of halogens is 2. The molecule has 0 aliphatic carbocycles. The number of benzene rings is 2. The van der Waals surface area contributed by atoms with E-state index in [-0.39, 0.29) is 5.56 Å². The first-order chi connectivity index (χ1) is 8.65. The van der Waals surface area contributed by atoms with Crippen LogP contribution in [0.2, 0.25) is 0 Å². The highest BCUT2D eigenvalue weighted by Gasteiger charge is 2.13. The summed E-state index contributed by atoms with van der Waals surface area (Å²) >= 11 is 1.29. The summed E-state index contributed by atoms with van der Waals surface area (Å²) in [7, 11) is 0. The summed E-state index contributed by atoms with van der Waals surface area (Å²) in [5, 5.41) is 0.451. The van der Waals surface area contributed by atoms with Crippen LogP contribution in [0.1, 0.15) is 0 Å². The zero-order valence-corrected chi connectivity index (χ0v) is 9.97. The molecule has 3 rings (SSSR count). The second kappa shape index (κ2) is 4.03. The molecular formula is C13H8F2N2S. The van der Waals surface area contributed by atoms with Crippen LogP contribution in [-0.2, 0) is 0 Å². The van der Waals surface area contributed by atoms with Crippen LogP contribution in [-0.4, -0.2) is 4.98 Å². The van der Waals surface area contributed by atoms with Crippen molar-refractivity contribution in [2.24, 2.45) is 0 Å². The molecule has 0 atom stereocenters. The second-order valence-corrected chi connectivity index (χ2v) is 4.88. The summed E-state index contributed by atoms with van der Waals surface area (Å²) in [5.74, 6) is -1.74. The van der Waals surface area contributed by atoms with Gasteiger partial charge in [-0.05, 0) is 30.3 Å². The number of nitrogens with two attached hydrogens (primary N) is 1. The van der Waals surface area contributed by atoms with Crippen molar-refractivity contribution in [1.82, 2.24) is 4.98 Å². The van der Waals surface area contributed by atoms with Gasteiger partial charge in [0.25, 0.3) is 0 Å². The average molecular weight is 262 g/mol. The van der Waals surface area contributed by atoms with Gasteiger partial charge in [0.2, 0.25) is 0 Å². The lowest BCUT2D eigenvalue weighted by atomic mass is 10.2. The lowest BCUT2D eigenvalue weighted by Crippen LogP contribution is -1.87. The van der Waals surface area contributed by atoms with Gasteiger partial charge in [-0.2, -0.15) is 0 Å². The molecule has 90 valence electrons. The number of fused-ring (bicyclic) bond motifs is 1. The van der Waals surface area contributed by atoms with Crippen LogP contribution in [0.15, 0.2) is 36.4 Å². The fraction of sp³-hybridized carbons (Fsp3) is 0. The Kier molecular flexibility index (Phi) is 2.48. The van der Waals surface area contributed by atoms with E-state index in [1.54, 1.807) is 18.2 Å². The van der Waals surface area contributed by atoms with Crippen LogP contribution in [0, 0.1) is 11.6 Å². The normalized spacial score (nSPS) is 11.0. The van der Waals surface area contributed by atoms with Crippen molar-refractivity contribution < 1.29 is 8.78 Å². The quantitative estimate of drug-likeness (QED) is 0.677. The Bertz CT molecular complexity index is 737. The standard InChI is InChI=1S/C13H8F2N2S/c14-9-3-1-2-8(12(9)15)13-17-10-5-4-7(16)6-11(10)18-13/h1-6H,16H2. The Morgan fingerprint density at radius 3 is 2.78 bits per heavy atom. The molecule has 1 heterocycles. The summed E-state index contributed by atoms with van der Waals surface area (Å²) in [6.45, 7) is 0. The number of anilines is 1. The van der Waals surface area contributed by atoms with Gasteiger partial charge < -0.3 is 5.73 Å². The summed E-state index contributed by atoms with van der Waals surface area (Å²) in [6, 6.07) is 9.33. The third-order valence-electron chi connectivity index (χ3n) is 2.59. The van der Waals surface area contributed by atoms with Gasteiger partial charge >= 0.3 is 0 Å². The fourth-order valence-electron chi connectivity index (χ4n) is 1.73. The van der Waals surface area contributed by atoms with Crippen molar-refractivity contribution in [1.29, 1.82) is 0 Å². The molecule has 2 nitrogen and oxygen atoms in total. The van der Waals surface area contributed by atoms with E-state index >= 15 is 0 Å². The van der Waals surface area contributed by atoms with Crippen LogP contribution in [0.25, 0.3) is 20.8 Å². The highest BCUT2D eigenvalue weighted by molar-refractivity contribution is 7.21. The summed E-state index contributed by atoms with van der Waals surface area (Å²) < 4.78 is 27.7. The largest absolute Gasteiger partial charge is 0.399 e. The third-order valence-corrected chi connectivity index (χ3v) is 3.65. The van der Waals surface area contributed by atoms with Crippen LogP contribution < -0.4 is 5.73 Å². The molecule has 3 aromatic rings. The molecule has 0 bridgehead atoms. The van der Waals surface area contributed by atoms with Crippen LogP contribution >= 0.6 is 11.3 Å². The minimum absolute atomic E-state index is 0.176. The van der Waals surface area contributed by atoms with Crippen LogP contribution in [0.3, 0.4) is 0 Å². The molecule has 2 aromatic carbocycles. The predicted octanol–water partition coefficient (Wildman–Crippen LogP) is 3.82. The number of hydrogen-bond donors (Lipinski definition) is 1. The average Bonchev–Trinajstić information content (AvgIpc) is 2.75. The number of nitrogen functional groups attached to an aromatic ring is 1. The molecule has 2 N–H and O–H groups in total. The zero-order chi connectivity index (χ0) is 12.7. The SMILES string of the molecule is Nc1ccc2nc(-c3cccc(F)c3F)sc2c1. The van der Waals surface area contributed by atoms with Gasteiger partial charge in [-0.15, -0.1) is 11.3 Å². The number of nitrogens with zero attached hydrogens (tertiary/aromatic N) is 1. The number of hydrogen-bond acceptors (Lipinski definition) is 3. The Hall–Kier alpha value is -2.01. The van der Waals surface area contributed by atoms with E-state index in [0.717, 1.165) is 16.3 Å². The molecule has 0 aliphatic heterocycles. The summed E-state index contributed by atoms with van der Waals surface area (Å²) in [5.41, 5.74) is 7.20. The van der Waals surface area contributed by atoms with Gasteiger partial charge in [-0.1, -0.05) is 6.07 Å². The van der Waals surface area contributed by atoms with E-state index in [2.05, 4.69) is 4.98 Å². The van der Waals surface area contributed by atoms with Gasteiger partial charge in [0.1, 0.15) is 5.01 Å². The van der Waals surface area contributed by atoms with Gasteiger partial charge in [-0.3, -0.25) is 0 Å². The highest BCUT2D eigenvalue weighted by Crippen LogP contribution is 2.33. The van der Waals surface area contributed by atoms with Gasteiger partial charge in [0, 0.05) is 11.3 Å². The highest BCUT2D eigenvalue weighted by atomic mass is 32.1. The third kappa shape index (κ3) is 1.73. The van der Waals surface area contributed by atoms with Gasteiger partial charge in [-0.25, -0.2) is 13.8 Å². The minimum atomic E-state index is -0.871. The first-order valence-electron chi connectivity index (χ1n) is 5.25. The molecule has 0 amide bonds. The van der Waals surface area contributed by atoms with Gasteiger partial charge in [0.05, 0.1) is 10.2 Å². The van der Waals surface area contributed by atoms with Crippen LogP contribution in [0.4, 0.5) is 14.5 Å². The van der Waals surface area contributed by atoms with Crippen molar-refractivity contribution in [3.8, 4) is 10.6 Å². The predicted molar refractivity (Wildman–Crippen MR) is 69.4 cm³/mol. The molecule has 18 heavy (non-hydrogen) atoms. The molecule has 5 heteroatoms. The van der Waals surface area contributed by atoms with E-state index in [1.807, 2.05) is 0 Å². The van der Waals surface area contributed by atoms with Crippen molar-refractivity contribution in [2.45, 2.75) is 0 Å². The molecule has 1 aromatic heterocycles. The van der Waals surface area contributed by atoms with Crippen molar-refractivity contribution >= 4 is 27.2 Å². The minimum Gasteiger partial charge on any atom is -0.399 e. The topological polar surface area (TPSA) is 38.9 Å². The first kappa shape index (κ1) is 11.1. The molecule has 0 unspecified atom stereocenters. The molecular weight excluding hydrogens is 254 g/mol. The molecule has 0 saturated heterocycles. The lowest BCUT2D eigenvalue weighted by molar-refractivity contribution is 0.511. The second-order valence-electron chi connectivity index (χ2n) is 3.85. The summed E-state index contributed by atoms with van der Waals surface area (Å²) in [6.07, 6.45) is 0. The van der Waals surface area contributed by atoms with E-state index < -0.39 is 11.6 Å². The number of rotatable bonds is 1. The lowest BCUT2D eigenvalue weighted by Gasteiger charge is -1.98. The Morgan fingerprint density at radius 1 is 1.11 bits per heavy atom. The van der Waals surface area contributed by atoms with E-state index in [9.17, 15) is 8.78 Å². The molecule has 0 saturated carbocycles. The van der Waals surface area contributed by atoms with E-state index in [1.165, 1.54) is 23.5 Å². The molecule has 0 spiro atoms. The van der Waals surface area contributed by atoms with Gasteiger partial charge in [0.15, 0.2) is 11.6 Å². The van der Waals surface area contributed by atoms with Crippen molar-refractivity contribution in [2.75, 3.05) is 5.73 Å².